The van der Waals surface area contributed by atoms with E-state index in [1.807, 2.05) is 11.0 Å². The first-order valence-electron chi connectivity index (χ1n) is 5.33. The lowest BCUT2D eigenvalue weighted by atomic mass is 10.1. The predicted octanol–water partition coefficient (Wildman–Crippen LogP) is 0.0711. The summed E-state index contributed by atoms with van der Waals surface area (Å²) in [5, 5.41) is 12.4. The molecular formula is C11H15N3O2. The van der Waals surface area contributed by atoms with Crippen LogP contribution in [0.15, 0.2) is 18.3 Å². The fourth-order valence-electron chi connectivity index (χ4n) is 1.82. The smallest absolute Gasteiger partial charge is 0.239 e. The van der Waals surface area contributed by atoms with E-state index in [2.05, 4.69) is 10.3 Å². The second-order valence-corrected chi connectivity index (χ2v) is 3.86. The van der Waals surface area contributed by atoms with Crippen molar-refractivity contribution in [2.75, 3.05) is 24.5 Å². The second-order valence-electron chi connectivity index (χ2n) is 3.86. The summed E-state index contributed by atoms with van der Waals surface area (Å²) < 4.78 is 0. The molecule has 1 aliphatic heterocycles. The lowest BCUT2D eigenvalue weighted by molar-refractivity contribution is -0.120. The fourth-order valence-corrected chi connectivity index (χ4v) is 1.82. The molecule has 1 amide bonds. The summed E-state index contributed by atoms with van der Waals surface area (Å²) in [5.41, 5.74) is 0.761. The number of nitrogens with zero attached hydrogens (tertiary/aromatic N) is 2. The highest BCUT2D eigenvalue weighted by atomic mass is 16.3. The van der Waals surface area contributed by atoms with Gasteiger partial charge in [0, 0.05) is 24.8 Å². The van der Waals surface area contributed by atoms with E-state index in [4.69, 9.17) is 0 Å². The molecule has 2 rings (SSSR count). The number of carbonyl (C=O) groups is 1. The van der Waals surface area contributed by atoms with E-state index in [0.717, 1.165) is 12.1 Å². The first-order chi connectivity index (χ1) is 7.68. The fraction of sp³-hybridized carbons (Fsp3) is 0.455. The molecule has 1 aromatic heterocycles. The van der Waals surface area contributed by atoms with E-state index in [-0.39, 0.29) is 5.91 Å². The van der Waals surface area contributed by atoms with Crippen LogP contribution in [0.25, 0.3) is 0 Å². The van der Waals surface area contributed by atoms with Crippen LogP contribution in [-0.4, -0.2) is 35.6 Å². The number of aromatic nitrogens is 1. The first kappa shape index (κ1) is 10.9. The average molecular weight is 221 g/mol. The Labute approximate surface area is 94.1 Å². The zero-order valence-corrected chi connectivity index (χ0v) is 9.18. The molecule has 1 aromatic rings. The van der Waals surface area contributed by atoms with Gasteiger partial charge in [0.2, 0.25) is 5.91 Å². The van der Waals surface area contributed by atoms with Gasteiger partial charge < -0.3 is 15.3 Å². The summed E-state index contributed by atoms with van der Waals surface area (Å²) in [4.78, 5) is 17.4. The summed E-state index contributed by atoms with van der Waals surface area (Å²) >= 11 is 0. The van der Waals surface area contributed by atoms with Gasteiger partial charge in [0.1, 0.15) is 5.82 Å². The average Bonchev–Trinajstić information content (AvgIpc) is 2.29. The molecule has 5 heteroatoms. The molecule has 0 aromatic carbocycles. The molecule has 0 aliphatic carbocycles. The van der Waals surface area contributed by atoms with E-state index >= 15 is 0 Å². The molecule has 16 heavy (non-hydrogen) atoms. The zero-order valence-electron chi connectivity index (χ0n) is 9.18. The van der Waals surface area contributed by atoms with E-state index in [1.54, 1.807) is 19.2 Å². The van der Waals surface area contributed by atoms with Crippen molar-refractivity contribution in [3.63, 3.8) is 0 Å². The van der Waals surface area contributed by atoms with Crippen molar-refractivity contribution in [3.8, 4) is 0 Å². The maximum absolute atomic E-state index is 11.3. The van der Waals surface area contributed by atoms with Crippen LogP contribution in [0.5, 0.6) is 0 Å². The lowest BCUT2D eigenvalue weighted by Gasteiger charge is -2.29. The summed E-state index contributed by atoms with van der Waals surface area (Å²) in [6.45, 7) is 3.35. The minimum Gasteiger partial charge on any atom is -0.389 e. The van der Waals surface area contributed by atoms with Crippen LogP contribution in [0, 0.1) is 0 Å². The highest BCUT2D eigenvalue weighted by Gasteiger charge is 2.21. The van der Waals surface area contributed by atoms with Crippen molar-refractivity contribution in [1.29, 1.82) is 0 Å². The predicted molar refractivity (Wildman–Crippen MR) is 60.1 cm³/mol. The number of anilines is 1. The number of amides is 1. The molecule has 1 saturated heterocycles. The van der Waals surface area contributed by atoms with Crippen LogP contribution >= 0.6 is 0 Å². The molecule has 0 saturated carbocycles. The molecular weight excluding hydrogens is 206 g/mol. The number of hydrogen-bond donors (Lipinski definition) is 2. The van der Waals surface area contributed by atoms with Gasteiger partial charge in [0.15, 0.2) is 0 Å². The molecule has 1 fully saturated rings. The van der Waals surface area contributed by atoms with Gasteiger partial charge in [0.05, 0.1) is 12.6 Å². The SMILES string of the molecule is C[C@@H](O)c1cccnc1N1CCNC(=O)C1. The minimum absolute atomic E-state index is 0.00607. The van der Waals surface area contributed by atoms with Crippen LogP contribution in [0.4, 0.5) is 5.82 Å². The molecule has 0 radical (unpaired) electrons. The van der Waals surface area contributed by atoms with Crippen molar-refractivity contribution in [2.45, 2.75) is 13.0 Å². The summed E-state index contributed by atoms with van der Waals surface area (Å²) in [5.74, 6) is 0.695. The standard InChI is InChI=1S/C11H15N3O2/c1-8(15)9-3-2-4-13-11(9)14-6-5-12-10(16)7-14/h2-4,8,15H,5-7H2,1H3,(H,12,16)/t8-/m1/s1. The van der Waals surface area contributed by atoms with E-state index < -0.39 is 6.10 Å². The van der Waals surface area contributed by atoms with Gasteiger partial charge in [0.25, 0.3) is 0 Å². The van der Waals surface area contributed by atoms with Crippen molar-refractivity contribution in [1.82, 2.24) is 10.3 Å². The molecule has 0 unspecified atom stereocenters. The highest BCUT2D eigenvalue weighted by Crippen LogP contribution is 2.23. The van der Waals surface area contributed by atoms with Crippen LogP contribution < -0.4 is 10.2 Å². The summed E-state index contributed by atoms with van der Waals surface area (Å²) in [6, 6.07) is 3.62. The molecule has 5 nitrogen and oxygen atoms in total. The van der Waals surface area contributed by atoms with Gasteiger partial charge in [-0.1, -0.05) is 6.07 Å². The molecule has 1 atom stereocenters. The Kier molecular flexibility index (Phi) is 3.05. The molecule has 0 spiro atoms. The van der Waals surface area contributed by atoms with Gasteiger partial charge in [-0.3, -0.25) is 4.79 Å². The maximum atomic E-state index is 11.3. The highest BCUT2D eigenvalue weighted by molar-refractivity contribution is 5.82. The quantitative estimate of drug-likeness (QED) is 0.741. The largest absolute Gasteiger partial charge is 0.389 e. The maximum Gasteiger partial charge on any atom is 0.239 e. The number of hydrogen-bond acceptors (Lipinski definition) is 4. The van der Waals surface area contributed by atoms with Crippen molar-refractivity contribution < 1.29 is 9.90 Å². The molecule has 1 aliphatic rings. The van der Waals surface area contributed by atoms with Crippen LogP contribution in [0.2, 0.25) is 0 Å². The molecule has 86 valence electrons. The van der Waals surface area contributed by atoms with E-state index in [0.29, 0.717) is 18.9 Å². The topological polar surface area (TPSA) is 65.5 Å². The number of aliphatic hydroxyl groups excluding tert-OH is 1. The first-order valence-corrected chi connectivity index (χ1v) is 5.33. The number of piperazine rings is 1. The van der Waals surface area contributed by atoms with Gasteiger partial charge in [-0.25, -0.2) is 4.98 Å². The lowest BCUT2D eigenvalue weighted by Crippen LogP contribution is -2.48. The Hall–Kier alpha value is -1.62. The molecule has 2 heterocycles. The monoisotopic (exact) mass is 221 g/mol. The van der Waals surface area contributed by atoms with Crippen LogP contribution in [-0.2, 0) is 4.79 Å². The second kappa shape index (κ2) is 4.49. The summed E-state index contributed by atoms with van der Waals surface area (Å²) in [7, 11) is 0. The number of nitrogens with one attached hydrogen (secondary N) is 1. The normalized spacial score (nSPS) is 18.1. The Bertz CT molecular complexity index is 393. The van der Waals surface area contributed by atoms with Gasteiger partial charge in [-0.2, -0.15) is 0 Å². The zero-order chi connectivity index (χ0) is 11.5. The minimum atomic E-state index is -0.575. The Balaban J connectivity index is 2.28. The number of aliphatic hydroxyl groups is 1. The molecule has 2 N–H and O–H groups in total. The molecule has 0 bridgehead atoms. The number of rotatable bonds is 2. The van der Waals surface area contributed by atoms with Crippen LogP contribution in [0.3, 0.4) is 0 Å². The van der Waals surface area contributed by atoms with E-state index in [9.17, 15) is 9.90 Å². The van der Waals surface area contributed by atoms with Crippen LogP contribution in [0.1, 0.15) is 18.6 Å². The third-order valence-electron chi connectivity index (χ3n) is 2.60. The third kappa shape index (κ3) is 2.14. The summed E-state index contributed by atoms with van der Waals surface area (Å²) in [6.07, 6.45) is 1.10. The van der Waals surface area contributed by atoms with E-state index in [1.165, 1.54) is 0 Å². The van der Waals surface area contributed by atoms with Gasteiger partial charge in [-0.05, 0) is 13.0 Å². The third-order valence-corrected chi connectivity index (χ3v) is 2.60. The van der Waals surface area contributed by atoms with Crippen molar-refractivity contribution in [3.05, 3.63) is 23.9 Å². The van der Waals surface area contributed by atoms with Crippen molar-refractivity contribution in [2.24, 2.45) is 0 Å². The van der Waals surface area contributed by atoms with Crippen molar-refractivity contribution >= 4 is 11.7 Å². The Morgan fingerprint density at radius 2 is 2.44 bits per heavy atom. The number of carbonyl (C=O) groups excluding carboxylic acids is 1. The Morgan fingerprint density at radius 3 is 3.12 bits per heavy atom. The Morgan fingerprint density at radius 1 is 1.62 bits per heavy atom. The number of pyridine rings is 1. The van der Waals surface area contributed by atoms with Gasteiger partial charge in [-0.15, -0.1) is 0 Å². The van der Waals surface area contributed by atoms with Gasteiger partial charge >= 0.3 is 0 Å².